The van der Waals surface area contributed by atoms with Crippen LogP contribution in [0.15, 0.2) is 82.2 Å². The Kier molecular flexibility index (Phi) is 9.30. The Morgan fingerprint density at radius 1 is 1.00 bits per heavy atom. The van der Waals surface area contributed by atoms with Gasteiger partial charge in [-0.25, -0.2) is 18.6 Å². The Morgan fingerprint density at radius 3 is 2.19 bits per heavy atom. The lowest BCUT2D eigenvalue weighted by atomic mass is 10.1. The van der Waals surface area contributed by atoms with Crippen molar-refractivity contribution in [2.45, 2.75) is 37.3 Å². The Hall–Kier alpha value is -2.99. The number of nitrogens with zero attached hydrogens (tertiary/aromatic N) is 3. The van der Waals surface area contributed by atoms with Crippen molar-refractivity contribution in [1.29, 1.82) is 0 Å². The van der Waals surface area contributed by atoms with Gasteiger partial charge in [0, 0.05) is 21.9 Å². The van der Waals surface area contributed by atoms with Crippen LogP contribution >= 0.6 is 11.3 Å². The summed E-state index contributed by atoms with van der Waals surface area (Å²) in [6, 6.07) is 19.4. The van der Waals surface area contributed by atoms with E-state index in [0.717, 1.165) is 33.1 Å². The summed E-state index contributed by atoms with van der Waals surface area (Å²) in [5.74, 6) is 0.136. The molecule has 2 aromatic carbocycles. The smallest absolute Gasteiger partial charge is 0.261 e. The first kappa shape index (κ1) is 28.6. The molecule has 4 aromatic rings. The van der Waals surface area contributed by atoms with Crippen LogP contribution < -0.4 is 0 Å². The summed E-state index contributed by atoms with van der Waals surface area (Å²) in [6.07, 6.45) is 3.20. The summed E-state index contributed by atoms with van der Waals surface area (Å²) in [5, 5.41) is 0.810. The number of hydrogen-bond acceptors (Lipinski definition) is 7. The maximum atomic E-state index is 13.8. The summed E-state index contributed by atoms with van der Waals surface area (Å²) in [5.41, 5.74) is 2.55. The molecule has 37 heavy (non-hydrogen) atoms. The van der Waals surface area contributed by atoms with Gasteiger partial charge in [-0.1, -0.05) is 25.1 Å². The zero-order valence-corrected chi connectivity index (χ0v) is 23.3. The molecule has 11 heteroatoms. The third kappa shape index (κ3) is 7.75. The lowest BCUT2D eigenvalue weighted by Crippen LogP contribution is -2.13. The number of halogens is 1. The number of aromatic nitrogens is 2. The quantitative estimate of drug-likeness (QED) is 0.264. The van der Waals surface area contributed by atoms with Gasteiger partial charge in [-0.05, 0) is 74.4 Å². The van der Waals surface area contributed by atoms with E-state index in [2.05, 4.69) is 16.3 Å². The molecule has 0 fully saturated rings. The highest BCUT2D eigenvalue weighted by atomic mass is 32.2. The van der Waals surface area contributed by atoms with E-state index in [4.69, 9.17) is 9.54 Å². The molecule has 0 aliphatic carbocycles. The third-order valence-corrected chi connectivity index (χ3v) is 8.98. The van der Waals surface area contributed by atoms with E-state index in [0.29, 0.717) is 17.0 Å². The predicted octanol–water partition coefficient (Wildman–Crippen LogP) is 6.64. The van der Waals surface area contributed by atoms with Gasteiger partial charge in [-0.3, -0.25) is 4.55 Å². The van der Waals surface area contributed by atoms with Crippen molar-refractivity contribution >= 4 is 37.0 Å². The molecule has 1 unspecified atom stereocenters. The van der Waals surface area contributed by atoms with Crippen molar-refractivity contribution in [3.63, 3.8) is 0 Å². The second-order valence-corrected chi connectivity index (χ2v) is 13.6. The molecular weight excluding hydrogens is 534 g/mol. The number of thiazole rings is 1. The van der Waals surface area contributed by atoms with E-state index < -0.39 is 19.8 Å². The van der Waals surface area contributed by atoms with Crippen molar-refractivity contribution in [3.05, 3.63) is 83.8 Å². The fourth-order valence-corrected chi connectivity index (χ4v) is 6.12. The first-order valence-corrected chi connectivity index (χ1v) is 15.6. The highest BCUT2D eigenvalue weighted by molar-refractivity contribution is 7.94. The highest BCUT2D eigenvalue weighted by Gasteiger charge is 2.19. The first-order chi connectivity index (χ1) is 17.4. The number of pyridine rings is 1. The number of benzene rings is 2. The molecule has 0 aliphatic heterocycles. The fraction of sp³-hybridized carbons (Fsp3) is 0.231. The first-order valence-electron chi connectivity index (χ1n) is 11.4. The Morgan fingerprint density at radius 2 is 1.62 bits per heavy atom. The molecular formula is C26H28FN3O4S3. The molecule has 0 amide bonds. The van der Waals surface area contributed by atoms with Gasteiger partial charge in [0.2, 0.25) is 0 Å². The summed E-state index contributed by atoms with van der Waals surface area (Å²) >= 11 is 1.60. The summed E-state index contributed by atoms with van der Waals surface area (Å²) in [7, 11) is -6.36. The Balaban J connectivity index is 0.000000695. The topological polar surface area (TPSA) is 110 Å². The second-order valence-electron chi connectivity index (χ2n) is 8.30. The van der Waals surface area contributed by atoms with Crippen molar-refractivity contribution in [3.8, 4) is 21.7 Å². The van der Waals surface area contributed by atoms with Crippen molar-refractivity contribution in [2.24, 2.45) is 4.36 Å². The van der Waals surface area contributed by atoms with Gasteiger partial charge in [0.15, 0.2) is 5.82 Å². The van der Waals surface area contributed by atoms with E-state index in [9.17, 15) is 17.0 Å². The maximum absolute atomic E-state index is 13.8. The van der Waals surface area contributed by atoms with Crippen molar-refractivity contribution in [1.82, 2.24) is 9.97 Å². The second kappa shape index (κ2) is 12.0. The van der Waals surface area contributed by atoms with Crippen molar-refractivity contribution < 1.29 is 21.6 Å². The Bertz CT molecular complexity index is 1570. The molecule has 4 rings (SSSR count). The average molecular weight is 562 g/mol. The molecule has 196 valence electrons. The van der Waals surface area contributed by atoms with Crippen LogP contribution in [-0.4, -0.2) is 38.7 Å². The minimum Gasteiger partial charge on any atom is -0.286 e. The normalized spacial score (nSPS) is 12.9. The lowest BCUT2D eigenvalue weighted by molar-refractivity contribution is 0.490. The molecule has 1 N–H and O–H groups in total. The molecule has 1 atom stereocenters. The highest BCUT2D eigenvalue weighted by Crippen LogP contribution is 2.38. The van der Waals surface area contributed by atoms with Gasteiger partial charge in [0.05, 0.1) is 31.6 Å². The van der Waals surface area contributed by atoms with Gasteiger partial charge in [-0.2, -0.15) is 12.8 Å². The monoisotopic (exact) mass is 561 g/mol. The third-order valence-electron chi connectivity index (χ3n) is 5.05. The largest absolute Gasteiger partial charge is 0.286 e. The maximum Gasteiger partial charge on any atom is 0.261 e. The van der Waals surface area contributed by atoms with Gasteiger partial charge in [-0.15, -0.1) is 11.3 Å². The minimum absolute atomic E-state index is 0.180. The predicted molar refractivity (Wildman–Crippen MR) is 148 cm³/mol. The molecule has 0 saturated heterocycles. The van der Waals surface area contributed by atoms with Crippen LogP contribution in [0.2, 0.25) is 0 Å². The number of aryl methyl sites for hydroxylation is 1. The Labute approximate surface area is 221 Å². The van der Waals surface area contributed by atoms with E-state index in [1.165, 1.54) is 12.1 Å². The van der Waals surface area contributed by atoms with Crippen LogP contribution in [0.25, 0.3) is 21.7 Å². The lowest BCUT2D eigenvalue weighted by Gasteiger charge is -2.14. The van der Waals surface area contributed by atoms with E-state index in [1.807, 2.05) is 56.3 Å². The summed E-state index contributed by atoms with van der Waals surface area (Å²) < 4.78 is 57.8. The van der Waals surface area contributed by atoms with Gasteiger partial charge in [0.25, 0.3) is 10.1 Å². The van der Waals surface area contributed by atoms with Crippen molar-refractivity contribution in [2.75, 3.05) is 6.26 Å². The van der Waals surface area contributed by atoms with E-state index in [1.54, 1.807) is 29.7 Å². The standard InChI is InChI=1S/C25H24FN3OS2.CH4O3S/c1-4-23-28-24(18-10-12-20(26)13-11-18)25(31-23)19-14-15-27-22(16-19)29-32(30,17(2)3)21-8-6-5-7-9-21;1-5(2,3)4/h5-17H,4H2,1-3H3;1H3,(H,2,3,4). The van der Waals surface area contributed by atoms with Crippen LogP contribution in [-0.2, 0) is 26.3 Å². The van der Waals surface area contributed by atoms with Crippen LogP contribution in [0.4, 0.5) is 10.2 Å². The van der Waals surface area contributed by atoms with Crippen LogP contribution in [0.3, 0.4) is 0 Å². The SMILES string of the molecule is CCc1nc(-c2ccc(F)cc2)c(-c2ccnc(N=S(=O)(c3ccccc3)C(C)C)c2)s1.CS(=O)(=O)O. The number of rotatable bonds is 6. The molecule has 2 aromatic heterocycles. The van der Waals surface area contributed by atoms with Gasteiger partial charge in [0.1, 0.15) is 5.82 Å². The van der Waals surface area contributed by atoms with Crippen LogP contribution in [0.1, 0.15) is 25.8 Å². The molecule has 0 saturated carbocycles. The summed E-state index contributed by atoms with van der Waals surface area (Å²) in [4.78, 5) is 10.8. The molecule has 0 spiro atoms. The fourth-order valence-electron chi connectivity index (χ4n) is 3.31. The van der Waals surface area contributed by atoms with Gasteiger partial charge < -0.3 is 0 Å². The summed E-state index contributed by atoms with van der Waals surface area (Å²) in [6.45, 7) is 5.88. The minimum atomic E-state index is -3.67. The molecule has 0 aliphatic rings. The van der Waals surface area contributed by atoms with Crippen LogP contribution in [0, 0.1) is 5.82 Å². The molecule has 2 heterocycles. The zero-order chi connectivity index (χ0) is 27.2. The van der Waals surface area contributed by atoms with Crippen LogP contribution in [0.5, 0.6) is 0 Å². The molecule has 0 radical (unpaired) electrons. The van der Waals surface area contributed by atoms with E-state index >= 15 is 0 Å². The molecule has 0 bridgehead atoms. The van der Waals surface area contributed by atoms with E-state index in [-0.39, 0.29) is 11.1 Å². The average Bonchev–Trinajstić information content (AvgIpc) is 3.29. The molecule has 7 nitrogen and oxygen atoms in total. The number of hydrogen-bond donors (Lipinski definition) is 1. The van der Waals surface area contributed by atoms with Gasteiger partial charge >= 0.3 is 0 Å². The zero-order valence-electron chi connectivity index (χ0n) is 20.8.